The van der Waals surface area contributed by atoms with Gasteiger partial charge in [0.05, 0.1) is 0 Å². The van der Waals surface area contributed by atoms with Crippen LogP contribution in [0.2, 0.25) is 0 Å². The quantitative estimate of drug-likeness (QED) is 0.897. The van der Waals surface area contributed by atoms with E-state index in [0.29, 0.717) is 12.0 Å². The molecule has 2 nitrogen and oxygen atoms in total. The third kappa shape index (κ3) is 3.37. The van der Waals surface area contributed by atoms with E-state index >= 15 is 0 Å². The molecule has 2 unspecified atom stereocenters. The van der Waals surface area contributed by atoms with Gasteiger partial charge in [0.1, 0.15) is 0 Å². The molecule has 0 amide bonds. The Bertz CT molecular complexity index is 389. The number of likely N-dealkylation sites (tertiary alicyclic amines) is 1. The summed E-state index contributed by atoms with van der Waals surface area (Å²) < 4.78 is 0. The van der Waals surface area contributed by atoms with Gasteiger partial charge in [0.2, 0.25) is 0 Å². The highest BCUT2D eigenvalue weighted by atomic mass is 15.2. The van der Waals surface area contributed by atoms with Gasteiger partial charge >= 0.3 is 0 Å². The van der Waals surface area contributed by atoms with E-state index in [1.54, 1.807) is 0 Å². The van der Waals surface area contributed by atoms with Crippen molar-refractivity contribution >= 4 is 0 Å². The van der Waals surface area contributed by atoms with E-state index in [-0.39, 0.29) is 0 Å². The van der Waals surface area contributed by atoms with Gasteiger partial charge in [-0.3, -0.25) is 4.90 Å². The van der Waals surface area contributed by atoms with Crippen LogP contribution in [-0.4, -0.2) is 24.5 Å². The van der Waals surface area contributed by atoms with Crippen molar-refractivity contribution in [2.24, 2.45) is 11.7 Å². The minimum atomic E-state index is 0.522. The molecular weight excluding hydrogens is 232 g/mol. The van der Waals surface area contributed by atoms with Crippen LogP contribution in [0.15, 0.2) is 24.3 Å². The topological polar surface area (TPSA) is 29.3 Å². The predicted molar refractivity (Wildman–Crippen MR) is 82.2 cm³/mol. The monoisotopic (exact) mass is 260 g/mol. The minimum absolute atomic E-state index is 0.522. The number of aryl methyl sites for hydroxylation is 1. The van der Waals surface area contributed by atoms with Gasteiger partial charge in [0, 0.05) is 6.04 Å². The van der Waals surface area contributed by atoms with Gasteiger partial charge in [0.25, 0.3) is 0 Å². The van der Waals surface area contributed by atoms with E-state index in [1.807, 2.05) is 0 Å². The van der Waals surface area contributed by atoms with Crippen molar-refractivity contribution in [1.82, 2.24) is 4.90 Å². The largest absolute Gasteiger partial charge is 0.330 e. The molecule has 1 fully saturated rings. The fourth-order valence-electron chi connectivity index (χ4n) is 3.47. The summed E-state index contributed by atoms with van der Waals surface area (Å²) in [6.07, 6.45) is 5.14. The molecule has 2 N–H and O–H groups in total. The lowest BCUT2D eigenvalue weighted by atomic mass is 9.87. The first kappa shape index (κ1) is 14.5. The fourth-order valence-corrected chi connectivity index (χ4v) is 3.47. The van der Waals surface area contributed by atoms with Crippen LogP contribution in [0.3, 0.4) is 0 Å². The van der Waals surface area contributed by atoms with Crippen LogP contribution in [0.5, 0.6) is 0 Å². The molecule has 1 aliphatic heterocycles. The maximum absolute atomic E-state index is 6.08. The number of nitrogens with zero attached hydrogens (tertiary/aromatic N) is 1. The smallest absolute Gasteiger partial charge is 0.0390 e. The van der Waals surface area contributed by atoms with E-state index in [0.717, 1.165) is 6.54 Å². The molecule has 1 saturated heterocycles. The van der Waals surface area contributed by atoms with Gasteiger partial charge in [-0.2, -0.15) is 0 Å². The van der Waals surface area contributed by atoms with Crippen LogP contribution in [0.1, 0.15) is 49.8 Å². The van der Waals surface area contributed by atoms with Crippen LogP contribution < -0.4 is 5.73 Å². The van der Waals surface area contributed by atoms with Gasteiger partial charge in [-0.1, -0.05) is 37.6 Å². The lowest BCUT2D eigenvalue weighted by Crippen LogP contribution is -2.36. The third-order valence-corrected chi connectivity index (χ3v) is 4.43. The maximum Gasteiger partial charge on any atom is 0.0390 e. The molecule has 0 aliphatic carbocycles. The fraction of sp³-hybridized carbons (Fsp3) is 0.647. The van der Waals surface area contributed by atoms with E-state index in [2.05, 4.69) is 43.0 Å². The number of hydrogen-bond acceptors (Lipinski definition) is 2. The standard InChI is InChI=1S/C17H28N2/c1-3-11-19-12-7-6-9-15(13-18)17(19)16-10-5-4-8-14(16)2/h4-5,8,10,15,17H,3,6-7,9,11-13,18H2,1-2H3. The molecule has 0 radical (unpaired) electrons. The lowest BCUT2D eigenvalue weighted by Gasteiger charge is -2.35. The predicted octanol–water partition coefficient (Wildman–Crippen LogP) is 3.51. The Kier molecular flexibility index (Phi) is 5.41. The number of rotatable bonds is 4. The van der Waals surface area contributed by atoms with Gasteiger partial charge in [-0.05, 0) is 62.9 Å². The summed E-state index contributed by atoms with van der Waals surface area (Å²) in [4.78, 5) is 2.67. The van der Waals surface area contributed by atoms with E-state index in [9.17, 15) is 0 Å². The molecule has 0 saturated carbocycles. The van der Waals surface area contributed by atoms with Gasteiger partial charge in [0.15, 0.2) is 0 Å². The minimum Gasteiger partial charge on any atom is -0.330 e. The first-order valence-corrected chi connectivity index (χ1v) is 7.77. The van der Waals surface area contributed by atoms with Crippen LogP contribution >= 0.6 is 0 Å². The molecule has 19 heavy (non-hydrogen) atoms. The van der Waals surface area contributed by atoms with Crippen molar-refractivity contribution in [1.29, 1.82) is 0 Å². The summed E-state index contributed by atoms with van der Waals surface area (Å²) in [5.41, 5.74) is 8.99. The Balaban J connectivity index is 2.34. The van der Waals surface area contributed by atoms with Crippen molar-refractivity contribution in [3.63, 3.8) is 0 Å². The summed E-state index contributed by atoms with van der Waals surface area (Å²) in [7, 11) is 0. The summed E-state index contributed by atoms with van der Waals surface area (Å²) in [6, 6.07) is 9.37. The second-order valence-electron chi connectivity index (χ2n) is 5.83. The SMILES string of the molecule is CCCN1CCCCC(CN)C1c1ccccc1C. The summed E-state index contributed by atoms with van der Waals surface area (Å²) >= 11 is 0. The maximum atomic E-state index is 6.08. The summed E-state index contributed by atoms with van der Waals surface area (Å²) in [6.45, 7) is 7.73. The highest BCUT2D eigenvalue weighted by Crippen LogP contribution is 2.36. The Hall–Kier alpha value is -0.860. The highest BCUT2D eigenvalue weighted by molar-refractivity contribution is 5.29. The number of hydrogen-bond donors (Lipinski definition) is 1. The van der Waals surface area contributed by atoms with E-state index in [1.165, 1.54) is 49.9 Å². The summed E-state index contributed by atoms with van der Waals surface area (Å²) in [5.74, 6) is 0.607. The van der Waals surface area contributed by atoms with Crippen LogP contribution in [0.4, 0.5) is 0 Å². The van der Waals surface area contributed by atoms with Crippen molar-refractivity contribution in [3.05, 3.63) is 35.4 Å². The molecule has 0 spiro atoms. The van der Waals surface area contributed by atoms with Crippen molar-refractivity contribution in [2.45, 2.75) is 45.6 Å². The molecule has 106 valence electrons. The highest BCUT2D eigenvalue weighted by Gasteiger charge is 2.30. The molecule has 0 aromatic heterocycles. The second-order valence-corrected chi connectivity index (χ2v) is 5.83. The first-order chi connectivity index (χ1) is 9.27. The van der Waals surface area contributed by atoms with Crippen LogP contribution in [-0.2, 0) is 0 Å². The molecule has 2 atom stereocenters. The average Bonchev–Trinajstić information content (AvgIpc) is 2.62. The van der Waals surface area contributed by atoms with E-state index < -0.39 is 0 Å². The van der Waals surface area contributed by atoms with Crippen LogP contribution in [0, 0.1) is 12.8 Å². The molecule has 2 rings (SSSR count). The first-order valence-electron chi connectivity index (χ1n) is 7.77. The Morgan fingerprint density at radius 3 is 2.74 bits per heavy atom. The molecule has 1 aromatic rings. The van der Waals surface area contributed by atoms with Crippen molar-refractivity contribution < 1.29 is 0 Å². The van der Waals surface area contributed by atoms with Crippen LogP contribution in [0.25, 0.3) is 0 Å². The zero-order valence-electron chi connectivity index (χ0n) is 12.4. The zero-order chi connectivity index (χ0) is 13.7. The molecular formula is C17H28N2. The number of nitrogens with two attached hydrogens (primary N) is 1. The molecule has 0 bridgehead atoms. The molecule has 1 aliphatic rings. The second kappa shape index (κ2) is 7.06. The van der Waals surface area contributed by atoms with Crippen molar-refractivity contribution in [2.75, 3.05) is 19.6 Å². The normalized spacial score (nSPS) is 25.2. The molecule has 2 heteroatoms. The molecule has 1 aromatic carbocycles. The van der Waals surface area contributed by atoms with E-state index in [4.69, 9.17) is 5.73 Å². The Labute approximate surface area is 118 Å². The van der Waals surface area contributed by atoms with Gasteiger partial charge < -0.3 is 5.73 Å². The zero-order valence-corrected chi connectivity index (χ0v) is 12.4. The summed E-state index contributed by atoms with van der Waals surface area (Å²) in [5, 5.41) is 0. The average molecular weight is 260 g/mol. The number of benzene rings is 1. The lowest BCUT2D eigenvalue weighted by molar-refractivity contribution is 0.158. The Morgan fingerprint density at radius 2 is 2.05 bits per heavy atom. The Morgan fingerprint density at radius 1 is 1.26 bits per heavy atom. The van der Waals surface area contributed by atoms with Gasteiger partial charge in [-0.15, -0.1) is 0 Å². The van der Waals surface area contributed by atoms with Crippen molar-refractivity contribution in [3.8, 4) is 0 Å². The third-order valence-electron chi connectivity index (χ3n) is 4.43. The molecule has 1 heterocycles. The van der Waals surface area contributed by atoms with Gasteiger partial charge in [-0.25, -0.2) is 0 Å².